The van der Waals surface area contributed by atoms with Crippen LogP contribution in [-0.2, 0) is 20.7 Å². The maximum atomic E-state index is 13.4. The largest absolute Gasteiger partial charge is 0.493 e. The maximum Gasteiger partial charge on any atom is 0.310 e. The Hall–Kier alpha value is -2.80. The van der Waals surface area contributed by atoms with E-state index in [0.29, 0.717) is 30.9 Å². The highest BCUT2D eigenvalue weighted by atomic mass is 16.5. The van der Waals surface area contributed by atoms with Gasteiger partial charge >= 0.3 is 5.97 Å². The summed E-state index contributed by atoms with van der Waals surface area (Å²) < 4.78 is 16.8. The van der Waals surface area contributed by atoms with Gasteiger partial charge in [-0.1, -0.05) is 23.8 Å². The fraction of sp³-hybridized carbons (Fsp3) is 0.478. The van der Waals surface area contributed by atoms with Crippen LogP contribution in [0, 0.1) is 11.8 Å². The SMILES string of the molecule is C=C(C)C[C@H]1N(CCc2ccc(OC)c(OC)c2)C(=O)[C@H]2[C@H](C(=O)O)[C@@H]3C=C[C@]21O3. The molecule has 1 aromatic rings. The molecule has 2 fully saturated rings. The average Bonchev–Trinajstić information content (AvgIpc) is 3.35. The fourth-order valence-electron chi connectivity index (χ4n) is 5.15. The molecule has 2 bridgehead atoms. The lowest BCUT2D eigenvalue weighted by Gasteiger charge is -2.33. The van der Waals surface area contributed by atoms with E-state index in [4.69, 9.17) is 14.2 Å². The van der Waals surface area contributed by atoms with E-state index in [0.717, 1.165) is 11.1 Å². The standard InChI is InChI=1S/C23H27NO6/c1-13(2)11-18-23-9-7-16(30-23)19(22(26)27)20(23)21(25)24(18)10-8-14-5-6-15(28-3)17(12-14)29-4/h5-7,9,12,16,18-20H,1,8,10-11H2,2-4H3,(H,26,27)/t16-,18+,19+,20+,23+/m0/s1. The van der Waals surface area contributed by atoms with Gasteiger partial charge in [0.1, 0.15) is 11.5 Å². The summed E-state index contributed by atoms with van der Waals surface area (Å²) in [4.78, 5) is 27.1. The molecule has 0 aromatic heterocycles. The summed E-state index contributed by atoms with van der Waals surface area (Å²) in [6.07, 6.45) is 4.33. The third-order valence-corrected chi connectivity index (χ3v) is 6.45. The van der Waals surface area contributed by atoms with Crippen LogP contribution in [0.15, 0.2) is 42.5 Å². The zero-order valence-electron chi connectivity index (χ0n) is 17.5. The number of nitrogens with zero attached hydrogens (tertiary/aromatic N) is 1. The first-order chi connectivity index (χ1) is 14.3. The molecule has 3 aliphatic rings. The van der Waals surface area contributed by atoms with E-state index in [1.165, 1.54) is 0 Å². The molecular weight excluding hydrogens is 386 g/mol. The smallest absolute Gasteiger partial charge is 0.310 e. The van der Waals surface area contributed by atoms with Crippen LogP contribution in [0.5, 0.6) is 11.5 Å². The normalized spacial score (nSPS) is 31.2. The number of carbonyl (C=O) groups excluding carboxylic acids is 1. The predicted molar refractivity (Wildman–Crippen MR) is 110 cm³/mol. The monoisotopic (exact) mass is 413 g/mol. The van der Waals surface area contributed by atoms with Crippen molar-refractivity contribution >= 4 is 11.9 Å². The molecule has 2 saturated heterocycles. The highest BCUT2D eigenvalue weighted by molar-refractivity contribution is 5.91. The molecule has 30 heavy (non-hydrogen) atoms. The van der Waals surface area contributed by atoms with Crippen molar-refractivity contribution in [2.45, 2.75) is 37.5 Å². The Bertz CT molecular complexity index is 924. The Labute approximate surface area is 175 Å². The van der Waals surface area contributed by atoms with Gasteiger partial charge in [0, 0.05) is 6.54 Å². The van der Waals surface area contributed by atoms with Crippen molar-refractivity contribution in [1.29, 1.82) is 0 Å². The molecule has 7 nitrogen and oxygen atoms in total. The van der Waals surface area contributed by atoms with Crippen LogP contribution in [-0.4, -0.2) is 60.4 Å². The maximum absolute atomic E-state index is 13.4. The predicted octanol–water partition coefficient (Wildman–Crippen LogP) is 2.45. The summed E-state index contributed by atoms with van der Waals surface area (Å²) in [5, 5.41) is 9.74. The number of rotatable bonds is 8. The summed E-state index contributed by atoms with van der Waals surface area (Å²) >= 11 is 0. The topological polar surface area (TPSA) is 85.3 Å². The van der Waals surface area contributed by atoms with E-state index < -0.39 is 29.5 Å². The molecule has 7 heteroatoms. The molecule has 1 N–H and O–H groups in total. The van der Waals surface area contributed by atoms with E-state index in [1.54, 1.807) is 25.2 Å². The van der Waals surface area contributed by atoms with Gasteiger partial charge in [0.15, 0.2) is 11.5 Å². The average molecular weight is 413 g/mol. The fourth-order valence-corrected chi connectivity index (χ4v) is 5.15. The number of amides is 1. The Balaban J connectivity index is 1.61. The van der Waals surface area contributed by atoms with Crippen molar-refractivity contribution in [1.82, 2.24) is 4.90 Å². The lowest BCUT2D eigenvalue weighted by Crippen LogP contribution is -2.45. The summed E-state index contributed by atoms with van der Waals surface area (Å²) in [6.45, 7) is 6.40. The van der Waals surface area contributed by atoms with Crippen LogP contribution >= 0.6 is 0 Å². The second-order valence-electron chi connectivity index (χ2n) is 8.28. The number of aliphatic carboxylic acids is 1. The molecule has 1 aromatic carbocycles. The number of methoxy groups -OCH3 is 2. The summed E-state index contributed by atoms with van der Waals surface area (Å²) in [7, 11) is 3.17. The Morgan fingerprint density at radius 1 is 1.30 bits per heavy atom. The number of carbonyl (C=O) groups is 2. The van der Waals surface area contributed by atoms with Crippen LogP contribution in [0.3, 0.4) is 0 Å². The molecule has 1 spiro atoms. The van der Waals surface area contributed by atoms with Crippen molar-refractivity contribution in [3.8, 4) is 11.5 Å². The Kier molecular flexibility index (Phi) is 5.10. The van der Waals surface area contributed by atoms with E-state index in [1.807, 2.05) is 31.2 Å². The lowest BCUT2D eigenvalue weighted by atomic mass is 9.74. The van der Waals surface area contributed by atoms with Crippen LogP contribution in [0.2, 0.25) is 0 Å². The minimum atomic E-state index is -0.986. The number of ether oxygens (including phenoxy) is 3. The van der Waals surface area contributed by atoms with Gasteiger partial charge in [-0.05, 0) is 37.5 Å². The van der Waals surface area contributed by atoms with Gasteiger partial charge in [0.25, 0.3) is 0 Å². The van der Waals surface area contributed by atoms with Gasteiger partial charge in [-0.15, -0.1) is 6.58 Å². The van der Waals surface area contributed by atoms with E-state index in [2.05, 4.69) is 6.58 Å². The van der Waals surface area contributed by atoms with Gasteiger partial charge in [-0.3, -0.25) is 9.59 Å². The molecular formula is C23H27NO6. The summed E-state index contributed by atoms with van der Waals surface area (Å²) in [5.41, 5.74) is 1.04. The van der Waals surface area contributed by atoms with Gasteiger partial charge in [-0.25, -0.2) is 0 Å². The van der Waals surface area contributed by atoms with Gasteiger partial charge in [0.2, 0.25) is 5.91 Å². The van der Waals surface area contributed by atoms with E-state index >= 15 is 0 Å². The second kappa shape index (κ2) is 7.47. The number of carboxylic acids is 1. The minimum Gasteiger partial charge on any atom is -0.493 e. The third kappa shape index (κ3) is 2.99. The third-order valence-electron chi connectivity index (χ3n) is 6.45. The summed E-state index contributed by atoms with van der Waals surface area (Å²) in [6, 6.07) is 5.41. The van der Waals surface area contributed by atoms with Crippen LogP contribution in [0.1, 0.15) is 18.9 Å². The first-order valence-corrected chi connectivity index (χ1v) is 10.1. The van der Waals surface area contributed by atoms with Gasteiger partial charge < -0.3 is 24.2 Å². The zero-order valence-corrected chi connectivity index (χ0v) is 17.5. The number of hydrogen-bond acceptors (Lipinski definition) is 5. The number of fused-ring (bicyclic) bond motifs is 1. The van der Waals surface area contributed by atoms with Gasteiger partial charge in [0.05, 0.1) is 32.3 Å². The molecule has 5 atom stereocenters. The second-order valence-corrected chi connectivity index (χ2v) is 8.28. The zero-order chi connectivity index (χ0) is 21.6. The first-order valence-electron chi connectivity index (χ1n) is 10.1. The van der Waals surface area contributed by atoms with Crippen LogP contribution in [0.4, 0.5) is 0 Å². The molecule has 0 unspecified atom stereocenters. The molecule has 0 aliphatic carbocycles. The molecule has 3 aliphatic heterocycles. The highest BCUT2D eigenvalue weighted by Crippen LogP contribution is 2.56. The number of carboxylic acid groups (broad SMARTS) is 1. The molecule has 0 radical (unpaired) electrons. The lowest BCUT2D eigenvalue weighted by molar-refractivity contribution is -0.148. The van der Waals surface area contributed by atoms with Gasteiger partial charge in [-0.2, -0.15) is 0 Å². The van der Waals surface area contributed by atoms with Crippen LogP contribution in [0.25, 0.3) is 0 Å². The Morgan fingerprint density at radius 3 is 2.67 bits per heavy atom. The van der Waals surface area contributed by atoms with E-state index in [-0.39, 0.29) is 11.9 Å². The van der Waals surface area contributed by atoms with E-state index in [9.17, 15) is 14.7 Å². The number of hydrogen-bond donors (Lipinski definition) is 1. The quantitative estimate of drug-likeness (QED) is 0.659. The summed E-state index contributed by atoms with van der Waals surface area (Å²) in [5.74, 6) is -1.40. The number of benzene rings is 1. The van der Waals surface area contributed by atoms with Crippen molar-refractivity contribution in [3.05, 3.63) is 48.1 Å². The van der Waals surface area contributed by atoms with Crippen molar-refractivity contribution in [3.63, 3.8) is 0 Å². The van der Waals surface area contributed by atoms with Crippen molar-refractivity contribution < 1.29 is 28.9 Å². The molecule has 4 rings (SSSR count). The Morgan fingerprint density at radius 2 is 2.03 bits per heavy atom. The van der Waals surface area contributed by atoms with Crippen molar-refractivity contribution in [2.24, 2.45) is 11.8 Å². The minimum absolute atomic E-state index is 0.152. The molecule has 0 saturated carbocycles. The highest BCUT2D eigenvalue weighted by Gasteiger charge is 2.70. The molecule has 160 valence electrons. The first kappa shape index (κ1) is 20.5. The van der Waals surface area contributed by atoms with Crippen molar-refractivity contribution in [2.75, 3.05) is 20.8 Å². The van der Waals surface area contributed by atoms with Crippen LogP contribution < -0.4 is 9.47 Å². The molecule has 3 heterocycles. The molecule has 1 amide bonds. The number of likely N-dealkylation sites (tertiary alicyclic amines) is 1.